The highest BCUT2D eigenvalue weighted by molar-refractivity contribution is 5.29. The minimum Gasteiger partial charge on any atom is -0.0995 e. The van der Waals surface area contributed by atoms with Crippen molar-refractivity contribution in [3.05, 3.63) is 47.5 Å². The Hall–Kier alpha value is -1.04. The van der Waals surface area contributed by atoms with E-state index in [2.05, 4.69) is 51.6 Å². The van der Waals surface area contributed by atoms with Gasteiger partial charge in [-0.3, -0.25) is 0 Å². The summed E-state index contributed by atoms with van der Waals surface area (Å²) in [6.45, 7) is 10.5. The second-order valence-electron chi connectivity index (χ2n) is 3.72. The Bertz CT molecular complexity index is 279. The van der Waals surface area contributed by atoms with Crippen LogP contribution in [0.4, 0.5) is 0 Å². The molecule has 1 aromatic rings. The van der Waals surface area contributed by atoms with E-state index in [0.717, 1.165) is 6.42 Å². The summed E-state index contributed by atoms with van der Waals surface area (Å²) >= 11 is 0. The molecule has 0 aliphatic rings. The molecule has 1 atom stereocenters. The van der Waals surface area contributed by atoms with Gasteiger partial charge in [-0.25, -0.2) is 0 Å². The van der Waals surface area contributed by atoms with Gasteiger partial charge < -0.3 is 0 Å². The number of rotatable bonds is 3. The fourth-order valence-electron chi connectivity index (χ4n) is 1.67. The topological polar surface area (TPSA) is 0 Å². The molecule has 70 valence electrons. The Balaban J connectivity index is 2.92. The number of hydrogen-bond donors (Lipinski definition) is 0. The van der Waals surface area contributed by atoms with E-state index in [4.69, 9.17) is 0 Å². The SMILES string of the molecule is C=C(C)C(CC)c1ccc(C)cc1. The van der Waals surface area contributed by atoms with Crippen molar-refractivity contribution in [3.63, 3.8) is 0 Å². The van der Waals surface area contributed by atoms with Crippen LogP contribution in [0.2, 0.25) is 0 Å². The first kappa shape index (κ1) is 10.0. The van der Waals surface area contributed by atoms with Crippen molar-refractivity contribution in [2.45, 2.75) is 33.1 Å². The van der Waals surface area contributed by atoms with E-state index in [1.807, 2.05) is 0 Å². The van der Waals surface area contributed by atoms with Crippen LogP contribution in [0.5, 0.6) is 0 Å². The van der Waals surface area contributed by atoms with Crippen molar-refractivity contribution >= 4 is 0 Å². The molecule has 0 nitrogen and oxygen atoms in total. The van der Waals surface area contributed by atoms with Gasteiger partial charge in [-0.15, -0.1) is 0 Å². The third-order valence-electron chi connectivity index (χ3n) is 2.48. The van der Waals surface area contributed by atoms with Gasteiger partial charge in [0.1, 0.15) is 0 Å². The van der Waals surface area contributed by atoms with Crippen LogP contribution in [0.15, 0.2) is 36.4 Å². The molecular formula is C13H18. The molecule has 1 unspecified atom stereocenters. The molecule has 0 heteroatoms. The van der Waals surface area contributed by atoms with E-state index in [1.165, 1.54) is 16.7 Å². The van der Waals surface area contributed by atoms with Crippen LogP contribution in [-0.2, 0) is 0 Å². The molecule has 0 aliphatic heterocycles. The van der Waals surface area contributed by atoms with Crippen LogP contribution in [0, 0.1) is 6.92 Å². The standard InChI is InChI=1S/C13H18/c1-5-13(10(2)3)12-8-6-11(4)7-9-12/h6-9,13H,2,5H2,1,3-4H3. The van der Waals surface area contributed by atoms with Gasteiger partial charge in [-0.2, -0.15) is 0 Å². The Morgan fingerprint density at radius 1 is 1.31 bits per heavy atom. The van der Waals surface area contributed by atoms with Crippen molar-refractivity contribution < 1.29 is 0 Å². The highest BCUT2D eigenvalue weighted by atomic mass is 14.1. The Labute approximate surface area is 81.3 Å². The lowest BCUT2D eigenvalue weighted by Gasteiger charge is -2.15. The van der Waals surface area contributed by atoms with E-state index < -0.39 is 0 Å². The fraction of sp³-hybridized carbons (Fsp3) is 0.385. The summed E-state index contributed by atoms with van der Waals surface area (Å²) in [6, 6.07) is 8.75. The fourth-order valence-corrected chi connectivity index (χ4v) is 1.67. The van der Waals surface area contributed by atoms with Crippen molar-refractivity contribution in [1.29, 1.82) is 0 Å². The molecule has 0 spiro atoms. The Morgan fingerprint density at radius 2 is 1.85 bits per heavy atom. The lowest BCUT2D eigenvalue weighted by molar-refractivity contribution is 0.762. The summed E-state index contributed by atoms with van der Waals surface area (Å²) in [5.74, 6) is 0.528. The molecule has 0 N–H and O–H groups in total. The predicted molar refractivity (Wildman–Crippen MR) is 59.0 cm³/mol. The zero-order chi connectivity index (χ0) is 9.84. The average Bonchev–Trinajstić information content (AvgIpc) is 2.09. The first-order valence-corrected chi connectivity index (χ1v) is 4.87. The molecule has 1 aromatic carbocycles. The molecule has 0 radical (unpaired) electrons. The Morgan fingerprint density at radius 3 is 2.23 bits per heavy atom. The minimum absolute atomic E-state index is 0.528. The van der Waals surface area contributed by atoms with Gasteiger partial charge in [0.15, 0.2) is 0 Å². The van der Waals surface area contributed by atoms with Crippen LogP contribution in [0.1, 0.15) is 37.3 Å². The normalized spacial score (nSPS) is 12.5. The summed E-state index contributed by atoms with van der Waals surface area (Å²) in [5, 5.41) is 0. The van der Waals surface area contributed by atoms with Crippen LogP contribution in [-0.4, -0.2) is 0 Å². The quantitative estimate of drug-likeness (QED) is 0.606. The molecule has 0 amide bonds. The maximum atomic E-state index is 4.03. The van der Waals surface area contributed by atoms with E-state index in [9.17, 15) is 0 Å². The lowest BCUT2D eigenvalue weighted by atomic mass is 9.90. The summed E-state index contributed by atoms with van der Waals surface area (Å²) < 4.78 is 0. The molecule has 0 fully saturated rings. The number of allylic oxidation sites excluding steroid dienone is 1. The van der Waals surface area contributed by atoms with Gasteiger partial charge in [0.05, 0.1) is 0 Å². The lowest BCUT2D eigenvalue weighted by Crippen LogP contribution is -1.97. The molecule has 0 aliphatic carbocycles. The van der Waals surface area contributed by atoms with Gasteiger partial charge >= 0.3 is 0 Å². The summed E-state index contributed by atoms with van der Waals surface area (Å²) in [6.07, 6.45) is 1.14. The molecule has 0 aromatic heterocycles. The van der Waals surface area contributed by atoms with Gasteiger partial charge in [-0.05, 0) is 25.8 Å². The van der Waals surface area contributed by atoms with Gasteiger partial charge in [0.25, 0.3) is 0 Å². The predicted octanol–water partition coefficient (Wildman–Crippen LogP) is 4.06. The zero-order valence-electron chi connectivity index (χ0n) is 8.80. The highest BCUT2D eigenvalue weighted by Gasteiger charge is 2.08. The molecule has 0 saturated heterocycles. The summed E-state index contributed by atoms with van der Waals surface area (Å²) in [4.78, 5) is 0. The first-order valence-electron chi connectivity index (χ1n) is 4.87. The zero-order valence-corrected chi connectivity index (χ0v) is 8.80. The number of benzene rings is 1. The molecular weight excluding hydrogens is 156 g/mol. The van der Waals surface area contributed by atoms with Crippen LogP contribution >= 0.6 is 0 Å². The largest absolute Gasteiger partial charge is 0.0995 e. The van der Waals surface area contributed by atoms with Crippen LogP contribution in [0.3, 0.4) is 0 Å². The van der Waals surface area contributed by atoms with E-state index in [0.29, 0.717) is 5.92 Å². The molecule has 0 bridgehead atoms. The smallest absolute Gasteiger partial charge is 0.00400 e. The highest BCUT2D eigenvalue weighted by Crippen LogP contribution is 2.26. The molecule has 1 rings (SSSR count). The van der Waals surface area contributed by atoms with E-state index >= 15 is 0 Å². The second-order valence-corrected chi connectivity index (χ2v) is 3.72. The van der Waals surface area contributed by atoms with E-state index in [1.54, 1.807) is 0 Å². The summed E-state index contributed by atoms with van der Waals surface area (Å²) in [7, 11) is 0. The van der Waals surface area contributed by atoms with Crippen molar-refractivity contribution in [3.8, 4) is 0 Å². The van der Waals surface area contributed by atoms with Crippen LogP contribution in [0.25, 0.3) is 0 Å². The van der Waals surface area contributed by atoms with Crippen LogP contribution < -0.4 is 0 Å². The van der Waals surface area contributed by atoms with Gasteiger partial charge in [0, 0.05) is 5.92 Å². The first-order chi connectivity index (χ1) is 6.15. The third-order valence-corrected chi connectivity index (χ3v) is 2.48. The number of aryl methyl sites for hydroxylation is 1. The number of hydrogen-bond acceptors (Lipinski definition) is 0. The van der Waals surface area contributed by atoms with Gasteiger partial charge in [0.2, 0.25) is 0 Å². The van der Waals surface area contributed by atoms with Gasteiger partial charge in [-0.1, -0.05) is 48.9 Å². The molecule has 13 heavy (non-hydrogen) atoms. The van der Waals surface area contributed by atoms with E-state index in [-0.39, 0.29) is 0 Å². The maximum absolute atomic E-state index is 4.03. The second kappa shape index (κ2) is 4.27. The Kier molecular flexibility index (Phi) is 3.30. The third kappa shape index (κ3) is 2.45. The van der Waals surface area contributed by atoms with Crippen molar-refractivity contribution in [1.82, 2.24) is 0 Å². The molecule has 0 heterocycles. The average molecular weight is 174 g/mol. The minimum atomic E-state index is 0.528. The maximum Gasteiger partial charge on any atom is 0.00400 e. The monoisotopic (exact) mass is 174 g/mol. The van der Waals surface area contributed by atoms with Crippen molar-refractivity contribution in [2.75, 3.05) is 0 Å². The molecule has 0 saturated carbocycles. The summed E-state index contributed by atoms with van der Waals surface area (Å²) in [5.41, 5.74) is 3.97. The van der Waals surface area contributed by atoms with Crippen molar-refractivity contribution in [2.24, 2.45) is 0 Å².